The topological polar surface area (TPSA) is 68.1 Å². The summed E-state index contributed by atoms with van der Waals surface area (Å²) in [5, 5.41) is 8.11. The van der Waals surface area contributed by atoms with Crippen molar-refractivity contribution in [2.45, 2.75) is 27.3 Å². The van der Waals surface area contributed by atoms with Crippen LogP contribution in [0.4, 0.5) is 3.89 Å². The fraction of sp³-hybridized carbons (Fsp3) is 0.818. The Labute approximate surface area is 113 Å². The van der Waals surface area contributed by atoms with Gasteiger partial charge in [0.2, 0.25) is 0 Å². The lowest BCUT2D eigenvalue weighted by atomic mass is 9.96. The zero-order chi connectivity index (χ0) is 14.7. The summed E-state index contributed by atoms with van der Waals surface area (Å²) in [7, 11) is -2.73. The highest BCUT2D eigenvalue weighted by Crippen LogP contribution is 2.16. The van der Waals surface area contributed by atoms with Gasteiger partial charge in [0.15, 0.2) is 0 Å². The van der Waals surface area contributed by atoms with E-state index in [4.69, 9.17) is 0 Å². The van der Waals surface area contributed by atoms with Crippen molar-refractivity contribution in [3.8, 4) is 0 Å². The number of halogens is 1. The van der Waals surface area contributed by atoms with Crippen LogP contribution in [0.25, 0.3) is 0 Å². The number of rotatable bonds is 6. The minimum Gasteiger partial charge on any atom is -0.296 e. The van der Waals surface area contributed by atoms with E-state index in [2.05, 4.69) is 10.2 Å². The van der Waals surface area contributed by atoms with Crippen LogP contribution < -0.4 is 0 Å². The minimum atomic E-state index is -4.44. The van der Waals surface area contributed by atoms with Gasteiger partial charge in [0.25, 0.3) is 0 Å². The van der Waals surface area contributed by atoms with Crippen molar-refractivity contribution in [1.82, 2.24) is 19.9 Å². The highest BCUT2D eigenvalue weighted by atomic mass is 32.3. The average Bonchev–Trinajstić information content (AvgIpc) is 2.57. The van der Waals surface area contributed by atoms with Crippen LogP contribution in [0.15, 0.2) is 6.20 Å². The maximum Gasteiger partial charge on any atom is 0.303 e. The molecular formula is C11H21FN4O2S. The quantitative estimate of drug-likeness (QED) is 0.731. The van der Waals surface area contributed by atoms with E-state index >= 15 is 0 Å². The van der Waals surface area contributed by atoms with Crippen molar-refractivity contribution in [2.24, 2.45) is 12.5 Å². The Bertz CT molecular complexity index is 507. The molecule has 19 heavy (non-hydrogen) atoms. The molecule has 8 heteroatoms. The standard InChI is InChI=1S/C11H21FN4O2S/c1-11(2,3)9-16(5-6-19(12,17)18)8-10-7-13-15(4)14-10/h7H,5-6,8-9H2,1-4H3. The maximum atomic E-state index is 12.6. The van der Waals surface area contributed by atoms with Gasteiger partial charge in [0, 0.05) is 26.7 Å². The van der Waals surface area contributed by atoms with Gasteiger partial charge < -0.3 is 0 Å². The third kappa shape index (κ3) is 7.22. The number of nitrogens with zero attached hydrogens (tertiary/aromatic N) is 4. The smallest absolute Gasteiger partial charge is 0.296 e. The lowest BCUT2D eigenvalue weighted by Crippen LogP contribution is -2.35. The van der Waals surface area contributed by atoms with Gasteiger partial charge in [-0.1, -0.05) is 20.8 Å². The van der Waals surface area contributed by atoms with Crippen molar-refractivity contribution in [2.75, 3.05) is 18.8 Å². The molecule has 0 spiro atoms. The van der Waals surface area contributed by atoms with Crippen LogP contribution in [-0.2, 0) is 23.8 Å². The van der Waals surface area contributed by atoms with Gasteiger partial charge in [-0.3, -0.25) is 4.90 Å². The van der Waals surface area contributed by atoms with Crippen LogP contribution in [0.2, 0.25) is 0 Å². The molecule has 0 saturated heterocycles. The predicted octanol–water partition coefficient (Wildman–Crippen LogP) is 0.962. The predicted molar refractivity (Wildman–Crippen MR) is 70.6 cm³/mol. The first-order chi connectivity index (χ1) is 8.55. The summed E-state index contributed by atoms with van der Waals surface area (Å²) in [6, 6.07) is 0. The number of aromatic nitrogens is 3. The normalized spacial score (nSPS) is 13.2. The summed E-state index contributed by atoms with van der Waals surface area (Å²) in [6.07, 6.45) is 1.62. The molecule has 0 N–H and O–H groups in total. The van der Waals surface area contributed by atoms with E-state index in [0.29, 0.717) is 13.1 Å². The molecule has 0 amide bonds. The molecule has 0 aliphatic rings. The largest absolute Gasteiger partial charge is 0.303 e. The fourth-order valence-corrected chi connectivity index (χ4v) is 2.29. The molecule has 0 unspecified atom stereocenters. The first-order valence-corrected chi connectivity index (χ1v) is 7.60. The Morgan fingerprint density at radius 1 is 1.42 bits per heavy atom. The Balaban J connectivity index is 2.69. The van der Waals surface area contributed by atoms with Gasteiger partial charge in [-0.25, -0.2) is 0 Å². The molecule has 1 rings (SSSR count). The lowest BCUT2D eigenvalue weighted by Gasteiger charge is -2.28. The van der Waals surface area contributed by atoms with Crippen molar-refractivity contribution < 1.29 is 12.3 Å². The SMILES string of the molecule is Cn1ncc(CN(CCS(=O)(=O)F)CC(C)(C)C)n1. The van der Waals surface area contributed by atoms with Crippen molar-refractivity contribution in [3.05, 3.63) is 11.9 Å². The second kappa shape index (κ2) is 5.96. The second-order valence-electron chi connectivity index (χ2n) is 5.84. The monoisotopic (exact) mass is 292 g/mol. The molecule has 6 nitrogen and oxygen atoms in total. The third-order valence-corrected chi connectivity index (χ3v) is 3.05. The Kier molecular flexibility index (Phi) is 5.03. The fourth-order valence-electron chi connectivity index (χ4n) is 1.81. The Morgan fingerprint density at radius 2 is 2.05 bits per heavy atom. The van der Waals surface area contributed by atoms with Gasteiger partial charge in [-0.2, -0.15) is 23.4 Å². The molecule has 0 aliphatic carbocycles. The average molecular weight is 292 g/mol. The van der Waals surface area contributed by atoms with Crippen LogP contribution in [0.3, 0.4) is 0 Å². The number of hydrogen-bond acceptors (Lipinski definition) is 5. The molecule has 110 valence electrons. The van der Waals surface area contributed by atoms with E-state index in [-0.39, 0.29) is 12.0 Å². The highest BCUT2D eigenvalue weighted by molar-refractivity contribution is 7.86. The lowest BCUT2D eigenvalue weighted by molar-refractivity contribution is 0.190. The summed E-state index contributed by atoms with van der Waals surface area (Å²) >= 11 is 0. The van der Waals surface area contributed by atoms with Crippen molar-refractivity contribution >= 4 is 10.2 Å². The van der Waals surface area contributed by atoms with E-state index in [0.717, 1.165) is 5.69 Å². The van der Waals surface area contributed by atoms with Gasteiger partial charge in [0.05, 0.1) is 17.6 Å². The summed E-state index contributed by atoms with van der Waals surface area (Å²) in [5.74, 6) is -0.497. The summed E-state index contributed by atoms with van der Waals surface area (Å²) in [6.45, 7) is 7.38. The van der Waals surface area contributed by atoms with Crippen LogP contribution >= 0.6 is 0 Å². The molecule has 0 aromatic carbocycles. The molecule has 0 aliphatic heterocycles. The zero-order valence-electron chi connectivity index (χ0n) is 11.8. The molecule has 1 aromatic rings. The first-order valence-electron chi connectivity index (χ1n) is 6.05. The third-order valence-electron chi connectivity index (χ3n) is 2.38. The van der Waals surface area contributed by atoms with Gasteiger partial charge in [-0.05, 0) is 5.41 Å². The maximum absolute atomic E-state index is 12.6. The van der Waals surface area contributed by atoms with Crippen LogP contribution in [0.5, 0.6) is 0 Å². The van der Waals surface area contributed by atoms with E-state index in [1.54, 1.807) is 13.2 Å². The van der Waals surface area contributed by atoms with E-state index in [1.807, 2.05) is 25.7 Å². The van der Waals surface area contributed by atoms with E-state index in [1.165, 1.54) is 4.80 Å². The van der Waals surface area contributed by atoms with Crippen molar-refractivity contribution in [1.29, 1.82) is 0 Å². The molecule has 0 fully saturated rings. The molecule has 0 saturated carbocycles. The molecular weight excluding hydrogens is 271 g/mol. The van der Waals surface area contributed by atoms with E-state index in [9.17, 15) is 12.3 Å². The Hall–Kier alpha value is -1.02. The molecule has 1 aromatic heterocycles. The minimum absolute atomic E-state index is 0.0116. The van der Waals surface area contributed by atoms with Gasteiger partial charge in [-0.15, -0.1) is 3.89 Å². The van der Waals surface area contributed by atoms with Crippen LogP contribution in [-0.4, -0.2) is 47.2 Å². The first kappa shape index (κ1) is 16.0. The number of aryl methyl sites for hydroxylation is 1. The highest BCUT2D eigenvalue weighted by Gasteiger charge is 2.20. The van der Waals surface area contributed by atoms with Gasteiger partial charge in [0.1, 0.15) is 0 Å². The summed E-state index contributed by atoms with van der Waals surface area (Å²) < 4.78 is 33.9. The second-order valence-corrected chi connectivity index (χ2v) is 7.33. The summed E-state index contributed by atoms with van der Waals surface area (Å²) in [4.78, 5) is 3.32. The molecule has 0 atom stereocenters. The molecule has 0 bridgehead atoms. The molecule has 0 radical (unpaired) electrons. The zero-order valence-corrected chi connectivity index (χ0v) is 12.6. The van der Waals surface area contributed by atoms with Crippen LogP contribution in [0, 0.1) is 5.41 Å². The Morgan fingerprint density at radius 3 is 2.47 bits per heavy atom. The van der Waals surface area contributed by atoms with E-state index < -0.39 is 16.0 Å². The van der Waals surface area contributed by atoms with Gasteiger partial charge >= 0.3 is 10.2 Å². The van der Waals surface area contributed by atoms with Crippen LogP contribution in [0.1, 0.15) is 26.5 Å². The molecule has 1 heterocycles. The summed E-state index contributed by atoms with van der Waals surface area (Å²) in [5.41, 5.74) is 0.727. The van der Waals surface area contributed by atoms with Crippen molar-refractivity contribution in [3.63, 3.8) is 0 Å². The number of hydrogen-bond donors (Lipinski definition) is 0.